The number of aromatic hydroxyl groups is 1. The van der Waals surface area contributed by atoms with E-state index in [9.17, 15) is 14.3 Å². The Bertz CT molecular complexity index is 825. The Hall–Kier alpha value is -3.29. The predicted molar refractivity (Wildman–Crippen MR) is 107 cm³/mol. The number of amides is 1. The molecule has 2 aromatic rings. The molecule has 4 N–H and O–H groups in total. The van der Waals surface area contributed by atoms with Crippen LogP contribution in [0.1, 0.15) is 25.5 Å². The summed E-state index contributed by atoms with van der Waals surface area (Å²) in [5.74, 6) is 0.00280. The lowest BCUT2D eigenvalue weighted by Gasteiger charge is -2.18. The minimum absolute atomic E-state index is 0.0973. The second-order valence-electron chi connectivity index (χ2n) is 6.05. The highest BCUT2D eigenvalue weighted by atomic mass is 19.1. The van der Waals surface area contributed by atoms with Gasteiger partial charge in [-0.05, 0) is 55.8 Å². The highest BCUT2D eigenvalue weighted by Crippen LogP contribution is 2.21. The Morgan fingerprint density at radius 3 is 2.57 bits per heavy atom. The molecule has 0 radical (unpaired) electrons. The number of ether oxygens (including phenoxy) is 1. The lowest BCUT2D eigenvalue weighted by molar-refractivity contribution is -0.114. The molecule has 1 atom stereocenters. The van der Waals surface area contributed by atoms with E-state index in [4.69, 9.17) is 4.74 Å². The third kappa shape index (κ3) is 6.15. The summed E-state index contributed by atoms with van der Waals surface area (Å²) in [6.45, 7) is 4.28. The summed E-state index contributed by atoms with van der Waals surface area (Å²) in [7, 11) is 1.42. The molecule has 1 unspecified atom stereocenters. The number of phenolic OH excluding ortho intramolecular Hbond substituents is 1. The fraction of sp³-hybridized carbons (Fsp3) is 0.300. The molecule has 0 saturated carbocycles. The van der Waals surface area contributed by atoms with Gasteiger partial charge in [0.15, 0.2) is 17.5 Å². The van der Waals surface area contributed by atoms with Crippen molar-refractivity contribution in [2.45, 2.75) is 19.9 Å². The van der Waals surface area contributed by atoms with E-state index in [-0.39, 0.29) is 30.0 Å². The van der Waals surface area contributed by atoms with Gasteiger partial charge in [-0.3, -0.25) is 4.79 Å². The summed E-state index contributed by atoms with van der Waals surface area (Å²) in [6, 6.07) is 10.7. The smallest absolute Gasteiger partial charge is 0.246 e. The van der Waals surface area contributed by atoms with E-state index >= 15 is 0 Å². The van der Waals surface area contributed by atoms with Crippen LogP contribution in [-0.2, 0) is 4.79 Å². The summed E-state index contributed by atoms with van der Waals surface area (Å²) >= 11 is 0. The number of nitrogens with zero attached hydrogens (tertiary/aromatic N) is 1. The van der Waals surface area contributed by atoms with Crippen LogP contribution in [0, 0.1) is 5.82 Å². The summed E-state index contributed by atoms with van der Waals surface area (Å²) in [5.41, 5.74) is 1.29. The van der Waals surface area contributed by atoms with Gasteiger partial charge in [-0.2, -0.15) is 0 Å². The van der Waals surface area contributed by atoms with Crippen molar-refractivity contribution >= 4 is 17.6 Å². The van der Waals surface area contributed by atoms with Gasteiger partial charge < -0.3 is 25.8 Å². The van der Waals surface area contributed by atoms with Crippen LogP contribution in [0.2, 0.25) is 0 Å². The van der Waals surface area contributed by atoms with Gasteiger partial charge in [-0.25, -0.2) is 9.38 Å². The highest BCUT2D eigenvalue weighted by Gasteiger charge is 2.12. The average Bonchev–Trinajstić information content (AvgIpc) is 2.68. The number of rotatable bonds is 7. The van der Waals surface area contributed by atoms with Gasteiger partial charge in [0.2, 0.25) is 5.91 Å². The molecule has 1 amide bonds. The molecule has 0 aromatic heterocycles. The first-order valence-corrected chi connectivity index (χ1v) is 8.90. The number of anilines is 1. The first-order valence-electron chi connectivity index (χ1n) is 8.90. The molecule has 0 saturated heterocycles. The number of benzene rings is 2. The number of carbonyl (C=O) groups excluding carboxylic acids is 1. The van der Waals surface area contributed by atoms with Crippen molar-refractivity contribution in [2.75, 3.05) is 25.5 Å². The minimum Gasteiger partial charge on any atom is -0.508 e. The third-order valence-corrected chi connectivity index (χ3v) is 3.91. The zero-order valence-electron chi connectivity index (χ0n) is 16.1. The standard InChI is InChI=1S/C20H25FN4O3/c1-4-22-20(23-12-19(27)25-15-6-8-16(26)9-7-15)24-13(2)14-5-10-18(28-3)17(21)11-14/h5-11,13,26H,4,12H2,1-3H3,(H,25,27)(H2,22,23,24). The first-order chi connectivity index (χ1) is 13.4. The largest absolute Gasteiger partial charge is 0.508 e. The fourth-order valence-electron chi connectivity index (χ4n) is 2.46. The van der Waals surface area contributed by atoms with Crippen molar-refractivity contribution in [3.05, 3.63) is 53.8 Å². The van der Waals surface area contributed by atoms with E-state index in [0.717, 1.165) is 5.56 Å². The second kappa shape index (κ2) is 10.1. The van der Waals surface area contributed by atoms with Gasteiger partial charge in [0.25, 0.3) is 0 Å². The summed E-state index contributed by atoms with van der Waals surface area (Å²) in [4.78, 5) is 16.3. The number of halogens is 1. The maximum atomic E-state index is 13.9. The first kappa shape index (κ1) is 21.0. The Kier molecular flexibility index (Phi) is 7.62. The van der Waals surface area contributed by atoms with Crippen molar-refractivity contribution in [1.29, 1.82) is 0 Å². The Labute approximate surface area is 163 Å². The quantitative estimate of drug-likeness (QED) is 0.332. The van der Waals surface area contributed by atoms with Crippen LogP contribution in [0.4, 0.5) is 10.1 Å². The normalized spacial score (nSPS) is 12.2. The summed E-state index contributed by atoms with van der Waals surface area (Å²) in [5, 5.41) is 18.2. The van der Waals surface area contributed by atoms with E-state index in [1.54, 1.807) is 24.3 Å². The maximum absolute atomic E-state index is 13.9. The van der Waals surface area contributed by atoms with E-state index in [0.29, 0.717) is 18.2 Å². The molecular formula is C20H25FN4O3. The van der Waals surface area contributed by atoms with Crippen LogP contribution in [-0.4, -0.2) is 37.2 Å². The average molecular weight is 388 g/mol. The maximum Gasteiger partial charge on any atom is 0.246 e. The molecule has 28 heavy (non-hydrogen) atoms. The molecule has 0 spiro atoms. The number of guanidine groups is 1. The van der Waals surface area contributed by atoms with Gasteiger partial charge in [-0.15, -0.1) is 0 Å². The van der Waals surface area contributed by atoms with Crippen molar-refractivity contribution < 1.29 is 19.0 Å². The minimum atomic E-state index is -0.441. The van der Waals surface area contributed by atoms with Gasteiger partial charge in [-0.1, -0.05) is 6.07 Å². The molecule has 8 heteroatoms. The van der Waals surface area contributed by atoms with Gasteiger partial charge in [0.05, 0.1) is 13.2 Å². The number of hydrogen-bond donors (Lipinski definition) is 4. The zero-order chi connectivity index (χ0) is 20.5. The van der Waals surface area contributed by atoms with Crippen molar-refractivity contribution in [3.8, 4) is 11.5 Å². The number of aliphatic imine (C=N–C) groups is 1. The topological polar surface area (TPSA) is 95.0 Å². The van der Waals surface area contributed by atoms with Gasteiger partial charge >= 0.3 is 0 Å². The molecule has 150 valence electrons. The number of nitrogens with one attached hydrogen (secondary N) is 3. The van der Waals surface area contributed by atoms with Crippen LogP contribution in [0.15, 0.2) is 47.5 Å². The van der Waals surface area contributed by atoms with Gasteiger partial charge in [0, 0.05) is 12.2 Å². The molecule has 7 nitrogen and oxygen atoms in total. The summed E-state index contributed by atoms with van der Waals surface area (Å²) in [6.07, 6.45) is 0. The lowest BCUT2D eigenvalue weighted by atomic mass is 10.1. The number of carbonyl (C=O) groups is 1. The third-order valence-electron chi connectivity index (χ3n) is 3.91. The second-order valence-corrected chi connectivity index (χ2v) is 6.05. The van der Waals surface area contributed by atoms with Crippen molar-refractivity contribution in [3.63, 3.8) is 0 Å². The van der Waals surface area contributed by atoms with E-state index < -0.39 is 5.82 Å². The molecule has 0 aliphatic rings. The van der Waals surface area contributed by atoms with E-state index in [1.165, 1.54) is 25.3 Å². The number of phenols is 1. The molecule has 2 aromatic carbocycles. The molecule has 0 heterocycles. The van der Waals surface area contributed by atoms with Gasteiger partial charge in [0.1, 0.15) is 12.3 Å². The molecule has 0 aliphatic heterocycles. The Balaban J connectivity index is 1.99. The number of methoxy groups -OCH3 is 1. The lowest BCUT2D eigenvalue weighted by Crippen LogP contribution is -2.39. The molecule has 2 rings (SSSR count). The monoisotopic (exact) mass is 388 g/mol. The Morgan fingerprint density at radius 2 is 1.96 bits per heavy atom. The van der Waals surface area contributed by atoms with Crippen LogP contribution >= 0.6 is 0 Å². The number of hydrogen-bond acceptors (Lipinski definition) is 4. The van der Waals surface area contributed by atoms with Crippen LogP contribution in [0.5, 0.6) is 11.5 Å². The fourth-order valence-corrected chi connectivity index (χ4v) is 2.46. The molecule has 0 bridgehead atoms. The van der Waals surface area contributed by atoms with Crippen LogP contribution in [0.3, 0.4) is 0 Å². The molecule has 0 fully saturated rings. The molecular weight excluding hydrogens is 363 g/mol. The molecule has 0 aliphatic carbocycles. The van der Waals surface area contributed by atoms with Crippen molar-refractivity contribution in [2.24, 2.45) is 4.99 Å². The van der Waals surface area contributed by atoms with Crippen molar-refractivity contribution in [1.82, 2.24) is 10.6 Å². The van der Waals surface area contributed by atoms with Crippen LogP contribution < -0.4 is 20.7 Å². The summed E-state index contributed by atoms with van der Waals surface area (Å²) < 4.78 is 18.8. The Morgan fingerprint density at radius 1 is 1.25 bits per heavy atom. The van der Waals surface area contributed by atoms with E-state index in [2.05, 4.69) is 20.9 Å². The zero-order valence-corrected chi connectivity index (χ0v) is 16.1. The van der Waals surface area contributed by atoms with E-state index in [1.807, 2.05) is 13.8 Å². The predicted octanol–water partition coefficient (Wildman–Crippen LogP) is 2.79. The SMILES string of the molecule is CCNC(=NCC(=O)Nc1ccc(O)cc1)NC(C)c1ccc(OC)c(F)c1. The highest BCUT2D eigenvalue weighted by molar-refractivity contribution is 5.94. The van der Waals surface area contributed by atoms with Crippen LogP contribution in [0.25, 0.3) is 0 Å².